The lowest BCUT2D eigenvalue weighted by Gasteiger charge is -2.38. The van der Waals surface area contributed by atoms with Gasteiger partial charge in [-0.15, -0.1) is 24.8 Å². The molecule has 4 rings (SSSR count). The van der Waals surface area contributed by atoms with E-state index in [1.807, 2.05) is 37.5 Å². The molecule has 0 aromatic heterocycles. The van der Waals surface area contributed by atoms with Gasteiger partial charge in [0.25, 0.3) is 0 Å². The summed E-state index contributed by atoms with van der Waals surface area (Å²) in [6, 6.07) is 12.7. The molecule has 0 aliphatic carbocycles. The first-order chi connectivity index (χ1) is 16.8. The van der Waals surface area contributed by atoms with Gasteiger partial charge in [-0.1, -0.05) is 12.1 Å². The molecule has 8 N–H and O–H groups in total. The summed E-state index contributed by atoms with van der Waals surface area (Å²) in [5, 5.41) is 0. The summed E-state index contributed by atoms with van der Waals surface area (Å²) in [5.41, 5.74) is 29.6. The minimum atomic E-state index is -0.614. The predicted octanol–water partition coefficient (Wildman–Crippen LogP) is 3.30. The molecule has 0 saturated carbocycles. The Morgan fingerprint density at radius 1 is 0.632 bits per heavy atom. The highest BCUT2D eigenvalue weighted by molar-refractivity contribution is 6.06. The van der Waals surface area contributed by atoms with Crippen molar-refractivity contribution in [1.29, 1.82) is 0 Å². The average molecular weight is 562 g/mol. The Labute approximate surface area is 236 Å². The second-order valence-electron chi connectivity index (χ2n) is 10.3. The number of benzene rings is 2. The molecule has 2 aromatic carbocycles. The summed E-state index contributed by atoms with van der Waals surface area (Å²) in [4.78, 5) is 21.0. The van der Waals surface area contributed by atoms with E-state index in [0.717, 1.165) is 24.2 Å². The van der Waals surface area contributed by atoms with Crippen LogP contribution in [0.25, 0.3) is 0 Å². The first kappa shape index (κ1) is 30.7. The number of guanidine groups is 4. The van der Waals surface area contributed by atoms with Crippen LogP contribution in [0.5, 0.6) is 0 Å². The molecule has 206 valence electrons. The van der Waals surface area contributed by atoms with Crippen molar-refractivity contribution in [2.75, 3.05) is 9.80 Å². The van der Waals surface area contributed by atoms with E-state index in [-0.39, 0.29) is 36.7 Å². The van der Waals surface area contributed by atoms with E-state index in [4.69, 9.17) is 22.9 Å². The van der Waals surface area contributed by atoms with Gasteiger partial charge in [-0.25, -0.2) is 9.98 Å². The number of halogens is 2. The number of rotatable bonds is 5. The second-order valence-corrected chi connectivity index (χ2v) is 10.3. The zero-order chi connectivity index (χ0) is 26.4. The van der Waals surface area contributed by atoms with Crippen molar-refractivity contribution in [1.82, 2.24) is 0 Å². The molecule has 2 aliphatic rings. The van der Waals surface area contributed by atoms with Crippen LogP contribution < -0.4 is 32.7 Å². The lowest BCUT2D eigenvalue weighted by Crippen LogP contribution is -2.54. The minimum Gasteiger partial charge on any atom is -0.369 e. The maximum absolute atomic E-state index is 6.20. The summed E-state index contributed by atoms with van der Waals surface area (Å²) in [6.45, 7) is 12.1. The number of nitrogens with two attached hydrogens (primary N) is 4. The van der Waals surface area contributed by atoms with Gasteiger partial charge in [0, 0.05) is 11.4 Å². The van der Waals surface area contributed by atoms with Gasteiger partial charge in [-0.2, -0.15) is 9.98 Å². The number of aryl methyl sites for hydroxylation is 4. The molecular formula is C26H38Cl2N10. The van der Waals surface area contributed by atoms with Gasteiger partial charge in [0.2, 0.25) is 23.8 Å². The fourth-order valence-electron chi connectivity index (χ4n) is 4.97. The lowest BCUT2D eigenvalue weighted by atomic mass is 9.96. The standard InChI is InChI=1S/C26H36N10.2ClH/c1-15-13-19(35-23(29)31-21(27)33-25(35,3)4)11-9-17(15)7-8-18-10-12-20(14-16(18)2)36-24(30)32-22(28)34-26(36,5)6;;/h9-14H,7-8H2,1-6H3,(H4,27,29,31,33)(H4,28,30,32,34);2*1H. The van der Waals surface area contributed by atoms with Crippen LogP contribution in [0, 0.1) is 13.8 Å². The van der Waals surface area contributed by atoms with Crippen molar-refractivity contribution >= 4 is 60.0 Å². The van der Waals surface area contributed by atoms with Crippen LogP contribution in [0.1, 0.15) is 49.9 Å². The number of hydrogen-bond donors (Lipinski definition) is 4. The van der Waals surface area contributed by atoms with Gasteiger partial charge < -0.3 is 22.9 Å². The van der Waals surface area contributed by atoms with E-state index in [0.29, 0.717) is 11.9 Å². The van der Waals surface area contributed by atoms with Crippen LogP contribution in [0.2, 0.25) is 0 Å². The molecule has 0 unspecified atom stereocenters. The van der Waals surface area contributed by atoms with Crippen LogP contribution >= 0.6 is 24.8 Å². The third-order valence-corrected chi connectivity index (χ3v) is 6.62. The Morgan fingerprint density at radius 3 is 1.26 bits per heavy atom. The third kappa shape index (κ3) is 5.97. The quantitative estimate of drug-likeness (QED) is 0.438. The molecule has 0 spiro atoms. The largest absolute Gasteiger partial charge is 0.369 e. The molecule has 0 radical (unpaired) electrons. The normalized spacial score (nSPS) is 17.8. The highest BCUT2D eigenvalue weighted by Crippen LogP contribution is 2.31. The third-order valence-electron chi connectivity index (χ3n) is 6.62. The maximum atomic E-state index is 6.20. The summed E-state index contributed by atoms with van der Waals surface area (Å²) in [7, 11) is 0. The maximum Gasteiger partial charge on any atom is 0.220 e. The Morgan fingerprint density at radius 2 is 0.974 bits per heavy atom. The zero-order valence-corrected chi connectivity index (χ0v) is 24.3. The molecule has 0 fully saturated rings. The van der Waals surface area contributed by atoms with E-state index in [1.165, 1.54) is 22.3 Å². The minimum absolute atomic E-state index is 0. The van der Waals surface area contributed by atoms with E-state index >= 15 is 0 Å². The van der Waals surface area contributed by atoms with Crippen LogP contribution in [0.15, 0.2) is 56.4 Å². The van der Waals surface area contributed by atoms with Gasteiger partial charge in [-0.3, -0.25) is 9.80 Å². The van der Waals surface area contributed by atoms with Crippen molar-refractivity contribution in [3.63, 3.8) is 0 Å². The summed E-state index contributed by atoms with van der Waals surface area (Å²) < 4.78 is 0. The summed E-state index contributed by atoms with van der Waals surface area (Å²) in [5.74, 6) is 1.07. The van der Waals surface area contributed by atoms with Gasteiger partial charge >= 0.3 is 0 Å². The first-order valence-corrected chi connectivity index (χ1v) is 12.0. The molecule has 2 aromatic rings. The molecule has 2 heterocycles. The van der Waals surface area contributed by atoms with Gasteiger partial charge in [0.1, 0.15) is 11.3 Å². The highest BCUT2D eigenvalue weighted by Gasteiger charge is 2.34. The van der Waals surface area contributed by atoms with E-state index in [2.05, 4.69) is 70.2 Å². The van der Waals surface area contributed by atoms with E-state index in [1.54, 1.807) is 0 Å². The molecule has 2 aliphatic heterocycles. The predicted molar refractivity (Wildman–Crippen MR) is 164 cm³/mol. The van der Waals surface area contributed by atoms with Crippen molar-refractivity contribution < 1.29 is 0 Å². The van der Waals surface area contributed by atoms with E-state index < -0.39 is 11.3 Å². The summed E-state index contributed by atoms with van der Waals surface area (Å²) >= 11 is 0. The van der Waals surface area contributed by atoms with Crippen LogP contribution in [0.4, 0.5) is 11.4 Å². The van der Waals surface area contributed by atoms with Crippen molar-refractivity contribution in [3.8, 4) is 0 Å². The molecule has 0 bridgehead atoms. The molecule has 12 heteroatoms. The van der Waals surface area contributed by atoms with Crippen LogP contribution in [-0.4, -0.2) is 35.2 Å². The lowest BCUT2D eigenvalue weighted by molar-refractivity contribution is 0.533. The Balaban J connectivity index is 0.00000253. The fraction of sp³-hybridized carbons (Fsp3) is 0.385. The van der Waals surface area contributed by atoms with Gasteiger partial charge in [0.15, 0.2) is 0 Å². The van der Waals surface area contributed by atoms with Crippen LogP contribution in [-0.2, 0) is 12.8 Å². The Bertz CT molecular complexity index is 1230. The van der Waals surface area contributed by atoms with Gasteiger partial charge in [-0.05, 0) is 101 Å². The Kier molecular flexibility index (Phi) is 8.96. The number of nitrogens with zero attached hydrogens (tertiary/aromatic N) is 6. The molecular weight excluding hydrogens is 523 g/mol. The van der Waals surface area contributed by atoms with Crippen molar-refractivity contribution in [2.24, 2.45) is 42.9 Å². The van der Waals surface area contributed by atoms with Crippen LogP contribution in [0.3, 0.4) is 0 Å². The van der Waals surface area contributed by atoms with Crippen molar-refractivity contribution in [3.05, 3.63) is 58.7 Å². The van der Waals surface area contributed by atoms with Crippen molar-refractivity contribution in [2.45, 2.75) is 65.7 Å². The second kappa shape index (κ2) is 11.1. The van der Waals surface area contributed by atoms with Gasteiger partial charge in [0.05, 0.1) is 0 Å². The SMILES string of the molecule is Cc1cc(N2C(N)=NC(N)=NC2(C)C)ccc1CCc1ccc(N2C(N)=NC(N)=NC2(C)C)cc1C.Cl.Cl. The molecule has 0 saturated heterocycles. The number of hydrogen-bond acceptors (Lipinski definition) is 10. The fourth-order valence-corrected chi connectivity index (χ4v) is 4.97. The monoisotopic (exact) mass is 560 g/mol. The smallest absolute Gasteiger partial charge is 0.220 e. The topological polar surface area (TPSA) is 160 Å². The molecule has 10 nitrogen and oxygen atoms in total. The Hall–Kier alpha value is -3.50. The molecule has 0 amide bonds. The zero-order valence-electron chi connectivity index (χ0n) is 22.7. The summed E-state index contributed by atoms with van der Waals surface area (Å²) in [6.07, 6.45) is 1.81. The first-order valence-electron chi connectivity index (χ1n) is 12.0. The average Bonchev–Trinajstić information content (AvgIpc) is 2.71. The molecule has 0 atom stereocenters. The number of aliphatic imine (C=N–C) groups is 4. The molecule has 38 heavy (non-hydrogen) atoms. The highest BCUT2D eigenvalue weighted by atomic mass is 35.5. The number of anilines is 2. The van der Waals surface area contributed by atoms with E-state index in [9.17, 15) is 0 Å².